The molecule has 2 fully saturated rings. The summed E-state index contributed by atoms with van der Waals surface area (Å²) in [5, 5.41) is 9.79. The lowest BCUT2D eigenvalue weighted by Gasteiger charge is -2.35. The van der Waals surface area contributed by atoms with Crippen molar-refractivity contribution in [2.75, 3.05) is 32.7 Å². The normalized spacial score (nSPS) is 19.8. The first-order valence-electron chi connectivity index (χ1n) is 9.16. The van der Waals surface area contributed by atoms with Crippen LogP contribution in [0.15, 0.2) is 4.99 Å². The Kier molecular flexibility index (Phi) is 9.95. The molecule has 0 spiro atoms. The quantitative estimate of drug-likeness (QED) is 0.238. The number of amides is 1. The molecule has 2 rings (SSSR count). The van der Waals surface area contributed by atoms with Crippen LogP contribution in [0.1, 0.15) is 46.5 Å². The van der Waals surface area contributed by atoms with Crippen molar-refractivity contribution in [1.29, 1.82) is 0 Å². The molecule has 1 amide bonds. The van der Waals surface area contributed by atoms with Gasteiger partial charge in [0.15, 0.2) is 5.96 Å². The Morgan fingerprint density at radius 3 is 2.38 bits per heavy atom. The molecule has 1 aliphatic carbocycles. The zero-order valence-electron chi connectivity index (χ0n) is 15.3. The van der Waals surface area contributed by atoms with Gasteiger partial charge in [0, 0.05) is 44.2 Å². The third-order valence-corrected chi connectivity index (χ3v) is 4.57. The van der Waals surface area contributed by atoms with Crippen LogP contribution >= 0.6 is 24.0 Å². The molecule has 1 aliphatic heterocycles. The number of nitrogens with one attached hydrogen (secondary N) is 3. The van der Waals surface area contributed by atoms with Crippen LogP contribution in [0.2, 0.25) is 0 Å². The second-order valence-electron chi connectivity index (χ2n) is 6.87. The lowest BCUT2D eigenvalue weighted by Crippen LogP contribution is -2.50. The highest BCUT2D eigenvalue weighted by Gasteiger charge is 2.29. The Morgan fingerprint density at radius 1 is 1.17 bits per heavy atom. The van der Waals surface area contributed by atoms with Gasteiger partial charge in [-0.3, -0.25) is 9.79 Å². The van der Waals surface area contributed by atoms with E-state index in [1.807, 2.05) is 0 Å². The van der Waals surface area contributed by atoms with Gasteiger partial charge in [0.2, 0.25) is 5.91 Å². The number of carbonyl (C=O) groups is 1. The van der Waals surface area contributed by atoms with Crippen molar-refractivity contribution in [3.05, 3.63) is 0 Å². The summed E-state index contributed by atoms with van der Waals surface area (Å²) in [4.78, 5) is 18.7. The van der Waals surface area contributed by atoms with Gasteiger partial charge in [-0.05, 0) is 46.5 Å². The Hall–Kier alpha value is -0.570. The average molecular weight is 451 g/mol. The molecule has 0 bridgehead atoms. The summed E-state index contributed by atoms with van der Waals surface area (Å²) in [5.74, 6) is 1.34. The maximum absolute atomic E-state index is 11.6. The van der Waals surface area contributed by atoms with Crippen molar-refractivity contribution >= 4 is 35.8 Å². The van der Waals surface area contributed by atoms with E-state index in [1.54, 1.807) is 0 Å². The van der Waals surface area contributed by atoms with Gasteiger partial charge in [0.25, 0.3) is 0 Å². The lowest BCUT2D eigenvalue weighted by molar-refractivity contribution is -0.122. The summed E-state index contributed by atoms with van der Waals surface area (Å²) >= 11 is 0. The molecule has 24 heavy (non-hydrogen) atoms. The number of likely N-dealkylation sites (tertiary alicyclic amines) is 1. The smallest absolute Gasteiger partial charge is 0.223 e. The van der Waals surface area contributed by atoms with E-state index in [9.17, 15) is 4.79 Å². The molecule has 6 nitrogen and oxygen atoms in total. The van der Waals surface area contributed by atoms with Gasteiger partial charge in [-0.1, -0.05) is 0 Å². The molecule has 1 heterocycles. The average Bonchev–Trinajstić information content (AvgIpc) is 3.37. The zero-order chi connectivity index (χ0) is 16.7. The summed E-state index contributed by atoms with van der Waals surface area (Å²) < 4.78 is 0. The van der Waals surface area contributed by atoms with Crippen LogP contribution in [-0.4, -0.2) is 61.6 Å². The first kappa shape index (κ1) is 21.5. The third kappa shape index (κ3) is 7.55. The van der Waals surface area contributed by atoms with Crippen LogP contribution in [0, 0.1) is 5.92 Å². The summed E-state index contributed by atoms with van der Waals surface area (Å²) in [7, 11) is 0. The highest BCUT2D eigenvalue weighted by Crippen LogP contribution is 2.28. The van der Waals surface area contributed by atoms with Crippen molar-refractivity contribution in [2.24, 2.45) is 10.9 Å². The minimum absolute atomic E-state index is 0. The molecule has 0 aromatic rings. The van der Waals surface area contributed by atoms with Gasteiger partial charge in [-0.15, -0.1) is 24.0 Å². The molecule has 3 N–H and O–H groups in total. The number of halogens is 1. The fourth-order valence-electron chi connectivity index (χ4n) is 2.91. The summed E-state index contributed by atoms with van der Waals surface area (Å²) in [6.07, 6.45) is 4.41. The fourth-order valence-corrected chi connectivity index (χ4v) is 2.91. The number of hydrogen-bond acceptors (Lipinski definition) is 3. The number of piperidine rings is 1. The number of rotatable bonds is 7. The number of nitrogens with zero attached hydrogens (tertiary/aromatic N) is 2. The highest BCUT2D eigenvalue weighted by atomic mass is 127. The molecular weight excluding hydrogens is 417 g/mol. The van der Waals surface area contributed by atoms with Crippen molar-refractivity contribution < 1.29 is 4.79 Å². The fraction of sp³-hybridized carbons (Fsp3) is 0.882. The monoisotopic (exact) mass is 451 g/mol. The highest BCUT2D eigenvalue weighted by molar-refractivity contribution is 14.0. The summed E-state index contributed by atoms with van der Waals surface area (Å²) in [6, 6.07) is 1.12. The predicted molar refractivity (Wildman–Crippen MR) is 110 cm³/mol. The van der Waals surface area contributed by atoms with Gasteiger partial charge in [-0.25, -0.2) is 0 Å². The van der Waals surface area contributed by atoms with Crippen molar-refractivity contribution in [1.82, 2.24) is 20.9 Å². The lowest BCUT2D eigenvalue weighted by atomic mass is 10.0. The van der Waals surface area contributed by atoms with E-state index in [2.05, 4.69) is 46.6 Å². The van der Waals surface area contributed by atoms with E-state index in [1.165, 1.54) is 0 Å². The maximum atomic E-state index is 11.6. The molecule has 7 heteroatoms. The molecule has 0 aromatic heterocycles. The zero-order valence-corrected chi connectivity index (χ0v) is 17.6. The minimum atomic E-state index is 0. The first-order valence-corrected chi connectivity index (χ1v) is 9.16. The van der Waals surface area contributed by atoms with Crippen LogP contribution in [0.5, 0.6) is 0 Å². The van der Waals surface area contributed by atoms with Crippen LogP contribution in [-0.2, 0) is 4.79 Å². The molecule has 0 radical (unpaired) electrons. The Labute approximate surface area is 163 Å². The van der Waals surface area contributed by atoms with E-state index in [0.29, 0.717) is 25.2 Å². The second-order valence-corrected chi connectivity index (χ2v) is 6.87. The molecule has 2 aliphatic rings. The number of aliphatic imine (C=N–C) groups is 1. The first-order chi connectivity index (χ1) is 11.1. The summed E-state index contributed by atoms with van der Waals surface area (Å²) in [5.41, 5.74) is 0. The van der Waals surface area contributed by atoms with Gasteiger partial charge in [0.05, 0.1) is 6.54 Å². The number of guanidine groups is 1. The van der Waals surface area contributed by atoms with E-state index in [-0.39, 0.29) is 35.8 Å². The predicted octanol–water partition coefficient (Wildman–Crippen LogP) is 1.56. The van der Waals surface area contributed by atoms with Crippen LogP contribution in [0.25, 0.3) is 0 Å². The standard InChI is InChI=1S/C17H33N5O.HI/c1-4-18-17(20-10-9-19-16(23)14-5-6-14)21-15-7-11-22(12-8-15)13(2)3;/h13-15H,4-12H2,1-3H3,(H,19,23)(H2,18,20,21);1H. The number of carbonyl (C=O) groups excluding carboxylic acids is 1. The molecule has 1 saturated heterocycles. The van der Waals surface area contributed by atoms with Gasteiger partial charge >= 0.3 is 0 Å². The van der Waals surface area contributed by atoms with Gasteiger partial charge in [0.1, 0.15) is 0 Å². The van der Waals surface area contributed by atoms with Gasteiger partial charge in [-0.2, -0.15) is 0 Å². The Bertz CT molecular complexity index is 404. The minimum Gasteiger partial charge on any atom is -0.357 e. The topological polar surface area (TPSA) is 68.8 Å². The van der Waals surface area contributed by atoms with Crippen molar-refractivity contribution in [2.45, 2.75) is 58.5 Å². The maximum Gasteiger partial charge on any atom is 0.223 e. The molecule has 140 valence electrons. The molecule has 0 aromatic carbocycles. The SMILES string of the molecule is CCNC(=NCCNC(=O)C1CC1)NC1CCN(C(C)C)CC1.I. The van der Waals surface area contributed by atoms with E-state index < -0.39 is 0 Å². The Balaban J connectivity index is 0.00000288. The van der Waals surface area contributed by atoms with Crippen molar-refractivity contribution in [3.63, 3.8) is 0 Å². The third-order valence-electron chi connectivity index (χ3n) is 4.57. The van der Waals surface area contributed by atoms with Crippen LogP contribution < -0.4 is 16.0 Å². The largest absolute Gasteiger partial charge is 0.357 e. The van der Waals surface area contributed by atoms with Crippen molar-refractivity contribution in [3.8, 4) is 0 Å². The van der Waals surface area contributed by atoms with Gasteiger partial charge < -0.3 is 20.9 Å². The molecule has 1 saturated carbocycles. The van der Waals surface area contributed by atoms with Crippen LogP contribution in [0.3, 0.4) is 0 Å². The molecule has 0 atom stereocenters. The van der Waals surface area contributed by atoms with E-state index in [0.717, 1.165) is 51.3 Å². The Morgan fingerprint density at radius 2 is 1.83 bits per heavy atom. The molecular formula is C17H34IN5O. The second kappa shape index (κ2) is 11.1. The van der Waals surface area contributed by atoms with E-state index in [4.69, 9.17) is 0 Å². The molecule has 0 unspecified atom stereocenters. The summed E-state index contributed by atoms with van der Waals surface area (Å²) in [6.45, 7) is 11.0. The number of hydrogen-bond donors (Lipinski definition) is 3. The van der Waals surface area contributed by atoms with Crippen LogP contribution in [0.4, 0.5) is 0 Å². The van der Waals surface area contributed by atoms with E-state index >= 15 is 0 Å².